The second-order valence-corrected chi connectivity index (χ2v) is 5.56. The van der Waals surface area contributed by atoms with Gasteiger partial charge in [0.15, 0.2) is 0 Å². The van der Waals surface area contributed by atoms with Crippen LogP contribution in [0.5, 0.6) is 0 Å². The Bertz CT molecular complexity index is 291. The topological polar surface area (TPSA) is 75.6 Å². The molecule has 0 aromatic rings. The maximum absolute atomic E-state index is 11.4. The highest BCUT2D eigenvalue weighted by Crippen LogP contribution is 2.33. The third-order valence-corrected chi connectivity index (χ3v) is 2.55. The van der Waals surface area contributed by atoms with Crippen molar-refractivity contribution in [3.8, 4) is 0 Å². The van der Waals surface area contributed by atoms with Crippen molar-refractivity contribution in [1.82, 2.24) is 5.32 Å². The van der Waals surface area contributed by atoms with Gasteiger partial charge in [-0.15, -0.1) is 0 Å². The largest absolute Gasteiger partial charge is 0.480 e. The predicted molar refractivity (Wildman–Crippen MR) is 62.8 cm³/mol. The van der Waals surface area contributed by atoms with Gasteiger partial charge in [0.25, 0.3) is 0 Å². The van der Waals surface area contributed by atoms with Crippen molar-refractivity contribution in [2.75, 3.05) is 0 Å². The molecule has 1 fully saturated rings. The van der Waals surface area contributed by atoms with Crippen LogP contribution < -0.4 is 5.32 Å². The van der Waals surface area contributed by atoms with E-state index in [-0.39, 0.29) is 0 Å². The highest BCUT2D eigenvalue weighted by atomic mass is 16.6. The fourth-order valence-corrected chi connectivity index (χ4v) is 1.52. The molecule has 0 aliphatic heterocycles. The molecule has 0 aromatic heterocycles. The smallest absolute Gasteiger partial charge is 0.408 e. The lowest BCUT2D eigenvalue weighted by atomic mass is 10.1. The van der Waals surface area contributed by atoms with E-state index < -0.39 is 23.7 Å². The fraction of sp³-hybridized carbons (Fsp3) is 0.833. The Morgan fingerprint density at radius 1 is 1.41 bits per heavy atom. The molecular weight excluding hydrogens is 222 g/mol. The zero-order valence-electron chi connectivity index (χ0n) is 10.7. The molecule has 0 unspecified atom stereocenters. The minimum atomic E-state index is -1.00. The summed E-state index contributed by atoms with van der Waals surface area (Å²) >= 11 is 0. The van der Waals surface area contributed by atoms with Crippen LogP contribution in [0.2, 0.25) is 0 Å². The summed E-state index contributed by atoms with van der Waals surface area (Å²) in [4.78, 5) is 22.4. The third-order valence-electron chi connectivity index (χ3n) is 2.55. The molecule has 1 saturated carbocycles. The maximum atomic E-state index is 11.4. The van der Waals surface area contributed by atoms with Crippen LogP contribution in [0.3, 0.4) is 0 Å². The van der Waals surface area contributed by atoms with Crippen molar-refractivity contribution in [2.24, 2.45) is 5.92 Å². The van der Waals surface area contributed by atoms with Gasteiger partial charge in [0.1, 0.15) is 11.6 Å². The lowest BCUT2D eigenvalue weighted by Crippen LogP contribution is -2.43. The number of aliphatic carboxylic acids is 1. The first-order valence-electron chi connectivity index (χ1n) is 6.00. The van der Waals surface area contributed by atoms with Crippen molar-refractivity contribution < 1.29 is 19.4 Å². The van der Waals surface area contributed by atoms with Crippen molar-refractivity contribution in [3.05, 3.63) is 0 Å². The molecule has 0 aromatic carbocycles. The van der Waals surface area contributed by atoms with E-state index in [1.54, 1.807) is 20.8 Å². The standard InChI is InChI=1S/C12H21NO4/c1-12(2,3)17-11(16)13-9(10(14)15)7-6-8-4-5-8/h8-9H,4-7H2,1-3H3,(H,13,16)(H,14,15)/t9-/m1/s1. The summed E-state index contributed by atoms with van der Waals surface area (Å²) in [5.74, 6) is -0.353. The summed E-state index contributed by atoms with van der Waals surface area (Å²) in [7, 11) is 0. The molecule has 98 valence electrons. The number of amides is 1. The van der Waals surface area contributed by atoms with Crippen LogP contribution >= 0.6 is 0 Å². The van der Waals surface area contributed by atoms with E-state index in [2.05, 4.69) is 5.32 Å². The van der Waals surface area contributed by atoms with Crippen molar-refractivity contribution in [2.45, 2.75) is 58.1 Å². The molecule has 2 N–H and O–H groups in total. The summed E-state index contributed by atoms with van der Waals surface area (Å²) in [5.41, 5.74) is -0.608. The number of alkyl carbamates (subject to hydrolysis) is 1. The predicted octanol–water partition coefficient (Wildman–Crippen LogP) is 2.15. The quantitative estimate of drug-likeness (QED) is 0.775. The van der Waals surface area contributed by atoms with Crippen LogP contribution in [0.15, 0.2) is 0 Å². The van der Waals surface area contributed by atoms with Gasteiger partial charge >= 0.3 is 12.1 Å². The number of hydrogen-bond acceptors (Lipinski definition) is 3. The summed E-state index contributed by atoms with van der Waals surface area (Å²) in [6.07, 6.45) is 3.02. The monoisotopic (exact) mass is 243 g/mol. The molecule has 1 rings (SSSR count). The van der Waals surface area contributed by atoms with Crippen molar-refractivity contribution in [1.29, 1.82) is 0 Å². The molecule has 1 amide bonds. The summed E-state index contributed by atoms with van der Waals surface area (Å²) < 4.78 is 5.03. The number of nitrogens with one attached hydrogen (secondary N) is 1. The van der Waals surface area contributed by atoms with Crippen LogP contribution in [0.4, 0.5) is 4.79 Å². The van der Waals surface area contributed by atoms with Gasteiger partial charge in [-0.2, -0.15) is 0 Å². The molecule has 0 saturated heterocycles. The number of carboxylic acids is 1. The summed E-state index contributed by atoms with van der Waals surface area (Å²) in [5, 5.41) is 11.4. The van der Waals surface area contributed by atoms with Crippen molar-refractivity contribution in [3.63, 3.8) is 0 Å². The summed E-state index contributed by atoms with van der Waals surface area (Å²) in [6, 6.07) is -0.842. The molecule has 0 bridgehead atoms. The van der Waals surface area contributed by atoms with E-state index in [1.807, 2.05) is 0 Å². The Labute approximate surface area is 102 Å². The number of carbonyl (C=O) groups excluding carboxylic acids is 1. The Morgan fingerprint density at radius 2 is 2.00 bits per heavy atom. The van der Waals surface area contributed by atoms with Crippen LogP contribution in [-0.4, -0.2) is 28.8 Å². The van der Waals surface area contributed by atoms with E-state index in [9.17, 15) is 9.59 Å². The Morgan fingerprint density at radius 3 is 2.41 bits per heavy atom. The van der Waals surface area contributed by atoms with Gasteiger partial charge in [-0.3, -0.25) is 0 Å². The number of carboxylic acid groups (broad SMARTS) is 1. The highest BCUT2D eigenvalue weighted by Gasteiger charge is 2.27. The molecular formula is C12H21NO4. The first-order valence-corrected chi connectivity index (χ1v) is 6.00. The molecule has 17 heavy (non-hydrogen) atoms. The molecule has 5 heteroatoms. The second kappa shape index (κ2) is 5.38. The van der Waals surface area contributed by atoms with E-state index in [0.29, 0.717) is 12.3 Å². The van der Waals surface area contributed by atoms with Crippen LogP contribution in [0.25, 0.3) is 0 Å². The zero-order valence-corrected chi connectivity index (χ0v) is 10.7. The van der Waals surface area contributed by atoms with Crippen LogP contribution in [0, 0.1) is 5.92 Å². The molecule has 1 aliphatic rings. The SMILES string of the molecule is CC(C)(C)OC(=O)N[C@H](CCC1CC1)C(=O)O. The molecule has 0 spiro atoms. The first-order chi connectivity index (χ1) is 7.78. The van der Waals surface area contributed by atoms with E-state index in [4.69, 9.17) is 9.84 Å². The lowest BCUT2D eigenvalue weighted by Gasteiger charge is -2.21. The Balaban J connectivity index is 2.36. The minimum Gasteiger partial charge on any atom is -0.480 e. The number of hydrogen-bond donors (Lipinski definition) is 2. The van der Waals surface area contributed by atoms with Gasteiger partial charge in [0.05, 0.1) is 0 Å². The summed E-state index contributed by atoms with van der Waals surface area (Å²) in [6.45, 7) is 5.23. The van der Waals surface area contributed by atoms with Gasteiger partial charge in [-0.25, -0.2) is 9.59 Å². The van der Waals surface area contributed by atoms with E-state index in [0.717, 1.165) is 6.42 Å². The molecule has 0 heterocycles. The third kappa shape index (κ3) is 6.14. The van der Waals surface area contributed by atoms with Crippen LogP contribution in [-0.2, 0) is 9.53 Å². The highest BCUT2D eigenvalue weighted by molar-refractivity contribution is 5.79. The van der Waals surface area contributed by atoms with Crippen molar-refractivity contribution >= 4 is 12.1 Å². The average molecular weight is 243 g/mol. The number of ether oxygens (including phenoxy) is 1. The zero-order chi connectivity index (χ0) is 13.1. The normalized spacial score (nSPS) is 17.4. The van der Waals surface area contributed by atoms with Gasteiger partial charge < -0.3 is 15.2 Å². The van der Waals surface area contributed by atoms with Gasteiger partial charge in [-0.1, -0.05) is 12.8 Å². The minimum absolute atomic E-state index is 0.471. The Hall–Kier alpha value is -1.26. The lowest BCUT2D eigenvalue weighted by molar-refractivity contribution is -0.139. The second-order valence-electron chi connectivity index (χ2n) is 5.56. The van der Waals surface area contributed by atoms with E-state index >= 15 is 0 Å². The molecule has 1 atom stereocenters. The number of carbonyl (C=O) groups is 2. The molecule has 1 aliphatic carbocycles. The fourth-order valence-electron chi connectivity index (χ4n) is 1.52. The number of rotatable bonds is 5. The average Bonchev–Trinajstić information content (AvgIpc) is 2.91. The van der Waals surface area contributed by atoms with Gasteiger partial charge in [0, 0.05) is 0 Å². The van der Waals surface area contributed by atoms with Crippen LogP contribution in [0.1, 0.15) is 46.5 Å². The maximum Gasteiger partial charge on any atom is 0.408 e. The first kappa shape index (κ1) is 13.8. The van der Waals surface area contributed by atoms with Gasteiger partial charge in [-0.05, 0) is 39.5 Å². The molecule has 5 nitrogen and oxygen atoms in total. The van der Waals surface area contributed by atoms with Gasteiger partial charge in [0.2, 0.25) is 0 Å². The van der Waals surface area contributed by atoms with E-state index in [1.165, 1.54) is 12.8 Å². The Kier molecular flexibility index (Phi) is 4.37. The molecule has 0 radical (unpaired) electrons.